The van der Waals surface area contributed by atoms with Gasteiger partial charge < -0.3 is 0 Å². The van der Waals surface area contributed by atoms with Gasteiger partial charge in [0.15, 0.2) is 0 Å². The minimum atomic E-state index is 0.0193. The Morgan fingerprint density at radius 1 is 1.71 bits per heavy atom. The molecule has 0 radical (unpaired) electrons. The molecule has 44 valence electrons. The van der Waals surface area contributed by atoms with Gasteiger partial charge in [-0.25, -0.2) is 0 Å². The van der Waals surface area contributed by atoms with Crippen molar-refractivity contribution < 1.29 is 0 Å². The number of hydrogen-bond acceptors (Lipinski definition) is 0. The maximum Gasteiger partial charge on any atom is 0.0176 e. The first kappa shape index (κ1) is 7.65. The van der Waals surface area contributed by atoms with Crippen LogP contribution in [0.25, 0.3) is 0 Å². The van der Waals surface area contributed by atoms with E-state index in [1.165, 1.54) is 6.42 Å². The van der Waals surface area contributed by atoms with Crippen molar-refractivity contribution in [1.82, 2.24) is 0 Å². The summed E-state index contributed by atoms with van der Waals surface area (Å²) >= 11 is 0. The van der Waals surface area contributed by atoms with E-state index in [4.69, 9.17) is 0 Å². The summed E-state index contributed by atoms with van der Waals surface area (Å²) in [5.41, 5.74) is 0. The Morgan fingerprint density at radius 2 is 2.29 bits per heavy atom. The van der Waals surface area contributed by atoms with E-state index in [1.54, 1.807) is 15.8 Å². The summed E-state index contributed by atoms with van der Waals surface area (Å²) in [5.74, 6) is 0. The lowest BCUT2D eigenvalue weighted by Gasteiger charge is -1.99. The van der Waals surface area contributed by atoms with Gasteiger partial charge >= 0.3 is 0 Å². The molecule has 0 nitrogen and oxygen atoms in total. The molecule has 0 aromatic carbocycles. The van der Waals surface area contributed by atoms with Gasteiger partial charge in [-0.2, -0.15) is 0 Å². The van der Waals surface area contributed by atoms with Crippen LogP contribution in [0.1, 0.15) is 13.3 Å². The highest BCUT2D eigenvalue weighted by molar-refractivity contribution is 7.31. The van der Waals surface area contributed by atoms with Crippen LogP contribution in [0.3, 0.4) is 0 Å². The Balaban J connectivity index is 2.83. The van der Waals surface area contributed by atoms with E-state index < -0.39 is 0 Å². The van der Waals surface area contributed by atoms with Crippen molar-refractivity contribution in [3.8, 4) is 0 Å². The fourth-order valence-corrected chi connectivity index (χ4v) is 8.21. The molecule has 7 heavy (non-hydrogen) atoms. The molecule has 0 aliphatic heterocycles. The SMILES string of the molecule is CCC[SiH](C)[SiH2][SiH3]. The predicted octanol–water partition coefficient (Wildman–Crippen LogP) is -0.801. The fraction of sp³-hybridized carbons (Fsp3) is 1.00. The Morgan fingerprint density at radius 3 is 2.43 bits per heavy atom. The summed E-state index contributed by atoms with van der Waals surface area (Å²) in [6, 6.07) is 1.63. The summed E-state index contributed by atoms with van der Waals surface area (Å²) in [6.45, 7) is 4.86. The van der Waals surface area contributed by atoms with Gasteiger partial charge in [0.2, 0.25) is 0 Å². The Kier molecular flexibility index (Phi) is 5.25. The Bertz CT molecular complexity index is 37.9. The second kappa shape index (κ2) is 4.80. The lowest BCUT2D eigenvalue weighted by atomic mass is 10.6. The first-order chi connectivity index (χ1) is 3.31. The van der Waals surface area contributed by atoms with Crippen LogP contribution in [0.4, 0.5) is 0 Å². The van der Waals surface area contributed by atoms with Crippen molar-refractivity contribution in [3.05, 3.63) is 0 Å². The van der Waals surface area contributed by atoms with Crippen LogP contribution in [0.15, 0.2) is 0 Å². The average molecular weight is 148 g/mol. The molecule has 0 rings (SSSR count). The van der Waals surface area contributed by atoms with E-state index in [0.29, 0.717) is 8.55 Å². The number of hydrogen-bond donors (Lipinski definition) is 0. The summed E-state index contributed by atoms with van der Waals surface area (Å²) in [7, 11) is 2.21. The zero-order chi connectivity index (χ0) is 5.70. The topological polar surface area (TPSA) is 0 Å². The van der Waals surface area contributed by atoms with E-state index in [9.17, 15) is 0 Å². The summed E-state index contributed by atoms with van der Waals surface area (Å²) in [5, 5.41) is 0. The van der Waals surface area contributed by atoms with Crippen LogP contribution in [0, 0.1) is 0 Å². The van der Waals surface area contributed by atoms with Crippen molar-refractivity contribution in [2.45, 2.75) is 25.9 Å². The minimum Gasteiger partial charge on any atom is -0.0746 e. The van der Waals surface area contributed by atoms with Gasteiger partial charge in [-0.05, 0) is 18.3 Å². The van der Waals surface area contributed by atoms with E-state index >= 15 is 0 Å². The summed E-state index contributed by atoms with van der Waals surface area (Å²) in [6.07, 6.45) is 1.46. The van der Waals surface area contributed by atoms with Gasteiger partial charge in [-0.15, -0.1) is 0 Å². The third-order valence-corrected chi connectivity index (χ3v) is 22.4. The molecule has 0 aromatic heterocycles. The largest absolute Gasteiger partial charge is 0.0746 e. The van der Waals surface area contributed by atoms with Crippen LogP contribution in [0.2, 0.25) is 12.6 Å². The molecule has 0 heterocycles. The molecule has 0 saturated heterocycles. The van der Waals surface area contributed by atoms with Crippen molar-refractivity contribution in [2.75, 3.05) is 0 Å². The molecule has 0 N–H and O–H groups in total. The highest BCUT2D eigenvalue weighted by atomic mass is 29.5. The van der Waals surface area contributed by atoms with Crippen molar-refractivity contribution in [2.24, 2.45) is 0 Å². The molecule has 0 aliphatic rings. The molecular formula is C4H16Si3. The fourth-order valence-electron chi connectivity index (χ4n) is 0.697. The van der Waals surface area contributed by atoms with E-state index in [2.05, 4.69) is 13.5 Å². The lowest BCUT2D eigenvalue weighted by Crippen LogP contribution is -2.16. The first-order valence-corrected chi connectivity index (χ1v) is 14.2. The predicted molar refractivity (Wildman–Crippen MR) is 46.6 cm³/mol. The van der Waals surface area contributed by atoms with Gasteiger partial charge in [0.25, 0.3) is 0 Å². The molecule has 0 fully saturated rings. The van der Waals surface area contributed by atoms with E-state index in [-0.39, 0.29) is 8.31 Å². The average Bonchev–Trinajstić information content (AvgIpc) is 1.68. The zero-order valence-electron chi connectivity index (χ0n) is 5.70. The molecule has 0 bridgehead atoms. The molecule has 1 unspecified atom stereocenters. The standard InChI is InChI=1S/C4H16Si3/c1-3-4-7(2)6-5/h7H,3-4,6H2,1-2,5H3. The first-order valence-electron chi connectivity index (χ1n) is 3.31. The number of rotatable bonds is 3. The molecule has 0 aliphatic carbocycles. The van der Waals surface area contributed by atoms with E-state index in [0.717, 1.165) is 0 Å². The summed E-state index contributed by atoms with van der Waals surface area (Å²) < 4.78 is 0. The Labute approximate surface area is 53.1 Å². The van der Waals surface area contributed by atoms with Crippen LogP contribution in [-0.4, -0.2) is 26.6 Å². The second-order valence-electron chi connectivity index (χ2n) is 2.30. The van der Waals surface area contributed by atoms with Gasteiger partial charge in [0.1, 0.15) is 0 Å². The zero-order valence-corrected chi connectivity index (χ0v) is 10.3. The smallest absolute Gasteiger partial charge is 0.0176 e. The molecule has 3 heteroatoms. The Hall–Kier alpha value is 0.651. The molecular weight excluding hydrogens is 132 g/mol. The maximum atomic E-state index is 2.54. The van der Waals surface area contributed by atoms with Crippen LogP contribution < -0.4 is 0 Å². The van der Waals surface area contributed by atoms with Crippen LogP contribution in [-0.2, 0) is 0 Å². The van der Waals surface area contributed by atoms with Gasteiger partial charge in [0.05, 0.1) is 0 Å². The highest BCUT2D eigenvalue weighted by Crippen LogP contribution is 1.91. The van der Waals surface area contributed by atoms with Gasteiger partial charge in [-0.1, -0.05) is 25.9 Å². The monoisotopic (exact) mass is 148 g/mol. The maximum absolute atomic E-state index is 2.54. The molecule has 1 atom stereocenters. The van der Waals surface area contributed by atoms with Crippen molar-refractivity contribution in [3.63, 3.8) is 0 Å². The van der Waals surface area contributed by atoms with Gasteiger partial charge in [0, 0.05) is 8.31 Å². The third kappa shape index (κ3) is 4.50. The molecule has 0 aromatic rings. The highest BCUT2D eigenvalue weighted by Gasteiger charge is 1.95. The molecule has 0 amide bonds. The molecule has 0 spiro atoms. The second-order valence-corrected chi connectivity index (χ2v) is 19.9. The quantitative estimate of drug-likeness (QED) is 0.460. The van der Waals surface area contributed by atoms with Gasteiger partial charge in [-0.3, -0.25) is 0 Å². The summed E-state index contributed by atoms with van der Waals surface area (Å²) in [4.78, 5) is 0. The third-order valence-electron chi connectivity index (χ3n) is 1.48. The normalized spacial score (nSPS) is 16.3. The van der Waals surface area contributed by atoms with E-state index in [1.807, 2.05) is 0 Å². The minimum absolute atomic E-state index is 0.0193. The van der Waals surface area contributed by atoms with Crippen molar-refractivity contribution >= 4 is 26.6 Å². The van der Waals surface area contributed by atoms with Crippen molar-refractivity contribution in [1.29, 1.82) is 0 Å². The lowest BCUT2D eigenvalue weighted by molar-refractivity contribution is 1.07. The van der Waals surface area contributed by atoms with Crippen LogP contribution in [0.5, 0.6) is 0 Å². The van der Waals surface area contributed by atoms with Crippen LogP contribution >= 0.6 is 0 Å². The molecule has 0 saturated carbocycles.